The summed E-state index contributed by atoms with van der Waals surface area (Å²) in [5.41, 5.74) is 6.55. The minimum Gasteiger partial charge on any atom is -0.413 e. The average Bonchev–Trinajstić information content (AvgIpc) is 3.37. The van der Waals surface area contributed by atoms with Crippen LogP contribution in [0.3, 0.4) is 0 Å². The van der Waals surface area contributed by atoms with E-state index in [0.717, 1.165) is 24.7 Å². The molecule has 1 saturated carbocycles. The van der Waals surface area contributed by atoms with Gasteiger partial charge in [0.2, 0.25) is 0 Å². The third-order valence-electron chi connectivity index (χ3n) is 15.8. The van der Waals surface area contributed by atoms with Gasteiger partial charge in [-0.25, -0.2) is 0 Å². The van der Waals surface area contributed by atoms with Crippen LogP contribution in [0.4, 0.5) is 0 Å². The fourth-order valence-electron chi connectivity index (χ4n) is 9.73. The lowest BCUT2D eigenvalue weighted by atomic mass is 9.60. The summed E-state index contributed by atoms with van der Waals surface area (Å²) >= 11 is 0. The Bertz CT molecular complexity index is 1280. The minimum absolute atomic E-state index is 0.00582. The van der Waals surface area contributed by atoms with Crippen LogP contribution in [0, 0.1) is 23.2 Å². The van der Waals surface area contributed by atoms with Crippen LogP contribution < -0.4 is 0 Å². The summed E-state index contributed by atoms with van der Waals surface area (Å²) in [6, 6.07) is 3.70. The first kappa shape index (κ1) is 46.1. The Kier molecular flexibility index (Phi) is 15.2. The maximum Gasteiger partial charge on any atom is 0.192 e. The number of hydrogen-bond acceptors (Lipinski definition) is 3. The van der Waals surface area contributed by atoms with Gasteiger partial charge < -0.3 is 13.3 Å². The van der Waals surface area contributed by atoms with Crippen LogP contribution in [0.15, 0.2) is 34.4 Å². The molecule has 0 aliphatic heterocycles. The molecule has 3 nitrogen and oxygen atoms in total. The van der Waals surface area contributed by atoms with E-state index >= 15 is 0 Å². The van der Waals surface area contributed by atoms with Crippen LogP contribution in [-0.2, 0) is 13.3 Å². The van der Waals surface area contributed by atoms with Crippen LogP contribution in [0.5, 0.6) is 0 Å². The number of allylic oxidation sites excluding steroid dienone is 4. The highest BCUT2D eigenvalue weighted by molar-refractivity contribution is 6.74. The average molecular weight is 773 g/mol. The Morgan fingerprint density at radius 1 is 0.827 bits per heavy atom. The molecule has 0 bridgehead atoms. The lowest BCUT2D eigenvalue weighted by Crippen LogP contribution is -2.49. The summed E-state index contributed by atoms with van der Waals surface area (Å²) in [6.45, 7) is 45.7. The van der Waals surface area contributed by atoms with Crippen LogP contribution in [0.2, 0.25) is 54.4 Å². The zero-order chi connectivity index (χ0) is 39.7. The smallest absolute Gasteiger partial charge is 0.192 e. The summed E-state index contributed by atoms with van der Waals surface area (Å²) in [6.07, 6.45) is 16.5. The molecule has 0 amide bonds. The van der Waals surface area contributed by atoms with Crippen LogP contribution in [0.25, 0.3) is 0 Å². The van der Waals surface area contributed by atoms with Gasteiger partial charge in [-0.2, -0.15) is 0 Å². The fourth-order valence-corrected chi connectivity index (χ4v) is 15.6. The highest BCUT2D eigenvalue weighted by atomic mass is 28.4. The van der Waals surface area contributed by atoms with E-state index < -0.39 is 25.0 Å². The molecule has 0 spiro atoms. The summed E-state index contributed by atoms with van der Waals surface area (Å²) in [4.78, 5) is 0. The molecule has 0 unspecified atom stereocenters. The third-order valence-corrected chi connectivity index (χ3v) is 29.6. The summed E-state index contributed by atoms with van der Waals surface area (Å²) in [7, 11) is -5.48. The Balaban J connectivity index is 1.82. The lowest BCUT2D eigenvalue weighted by molar-refractivity contribution is 0.0731. The van der Waals surface area contributed by atoms with E-state index in [4.69, 9.17) is 13.3 Å². The van der Waals surface area contributed by atoms with Gasteiger partial charge in [0.15, 0.2) is 25.0 Å². The SMILES string of the molecule is CC[Si](CC)(CC)OC(C)(C)CCC[C@@H](C)[C@H]1CC[C@H]2C(/C=C\C3=C(C)[C@@H](O[Si](C)(C)C(C)(C)C)C[C@H](O[Si](C)(C)C(C)(C)C)C3)=C(C)CC[C@]12C. The van der Waals surface area contributed by atoms with Crippen molar-refractivity contribution in [3.05, 3.63) is 34.4 Å². The molecule has 0 aromatic heterocycles. The van der Waals surface area contributed by atoms with E-state index in [0.29, 0.717) is 11.3 Å². The Morgan fingerprint density at radius 2 is 1.38 bits per heavy atom. The molecule has 0 N–H and O–H groups in total. The zero-order valence-electron chi connectivity index (χ0n) is 38.3. The zero-order valence-corrected chi connectivity index (χ0v) is 41.3. The first-order valence-electron chi connectivity index (χ1n) is 21.8. The molecule has 3 rings (SSSR count). The molecular weight excluding hydrogens is 685 g/mol. The van der Waals surface area contributed by atoms with Gasteiger partial charge in [0.05, 0.1) is 17.8 Å². The Labute approximate surface area is 328 Å². The molecule has 1 fully saturated rings. The van der Waals surface area contributed by atoms with Gasteiger partial charge in [0.25, 0.3) is 0 Å². The maximum absolute atomic E-state index is 7.21. The largest absolute Gasteiger partial charge is 0.413 e. The van der Waals surface area contributed by atoms with Crippen molar-refractivity contribution >= 4 is 25.0 Å². The Hall–Kier alpha value is -0.249. The number of hydrogen-bond donors (Lipinski definition) is 0. The molecule has 6 atom stereocenters. The molecule has 52 heavy (non-hydrogen) atoms. The molecule has 3 aliphatic carbocycles. The van der Waals surface area contributed by atoms with Crippen molar-refractivity contribution in [1.82, 2.24) is 0 Å². The predicted octanol–water partition coefficient (Wildman–Crippen LogP) is 15.2. The monoisotopic (exact) mass is 773 g/mol. The van der Waals surface area contributed by atoms with E-state index in [1.54, 1.807) is 11.1 Å². The van der Waals surface area contributed by atoms with Crippen molar-refractivity contribution < 1.29 is 13.3 Å². The van der Waals surface area contributed by atoms with Crippen LogP contribution in [-0.4, -0.2) is 42.8 Å². The quantitative estimate of drug-likeness (QED) is 0.146. The Morgan fingerprint density at radius 3 is 1.92 bits per heavy atom. The lowest BCUT2D eigenvalue weighted by Gasteiger charge is -2.45. The van der Waals surface area contributed by atoms with E-state index in [2.05, 4.69) is 142 Å². The van der Waals surface area contributed by atoms with Crippen molar-refractivity contribution in [3.8, 4) is 0 Å². The van der Waals surface area contributed by atoms with Gasteiger partial charge in [0, 0.05) is 6.42 Å². The second kappa shape index (κ2) is 17.1. The summed E-state index contributed by atoms with van der Waals surface area (Å²) in [5, 5.41) is 0.369. The fraction of sp³-hybridized carbons (Fsp3) is 0.870. The molecule has 0 heterocycles. The van der Waals surface area contributed by atoms with E-state index in [1.165, 1.54) is 74.2 Å². The van der Waals surface area contributed by atoms with Gasteiger partial charge >= 0.3 is 0 Å². The summed E-state index contributed by atoms with van der Waals surface area (Å²) in [5.74, 6) is 2.22. The number of rotatable bonds is 16. The molecule has 302 valence electrons. The summed E-state index contributed by atoms with van der Waals surface area (Å²) < 4.78 is 21.4. The second-order valence-electron chi connectivity index (χ2n) is 21.8. The maximum atomic E-state index is 7.21. The van der Waals surface area contributed by atoms with Crippen LogP contribution in [0.1, 0.15) is 162 Å². The molecule has 6 heteroatoms. The van der Waals surface area contributed by atoms with Crippen molar-refractivity contribution in [1.29, 1.82) is 0 Å². The van der Waals surface area contributed by atoms with Gasteiger partial charge in [0.1, 0.15) is 0 Å². The molecule has 0 saturated heterocycles. The third kappa shape index (κ3) is 10.6. The van der Waals surface area contributed by atoms with E-state index in [9.17, 15) is 0 Å². The first-order chi connectivity index (χ1) is 23.7. The molecule has 0 aromatic rings. The van der Waals surface area contributed by atoms with Gasteiger partial charge in [-0.3, -0.25) is 0 Å². The predicted molar refractivity (Wildman–Crippen MR) is 237 cm³/mol. The van der Waals surface area contributed by atoms with Crippen molar-refractivity contribution in [2.45, 2.75) is 234 Å². The highest BCUT2D eigenvalue weighted by Gasteiger charge is 2.51. The molecule has 0 radical (unpaired) electrons. The second-order valence-corrected chi connectivity index (χ2v) is 36.0. The highest BCUT2D eigenvalue weighted by Crippen LogP contribution is 2.60. The van der Waals surface area contributed by atoms with Crippen molar-refractivity contribution in [3.63, 3.8) is 0 Å². The van der Waals surface area contributed by atoms with Gasteiger partial charge in [-0.15, -0.1) is 0 Å². The molecule has 0 aromatic carbocycles. The minimum atomic E-state index is -1.95. The van der Waals surface area contributed by atoms with Gasteiger partial charge in [-0.05, 0) is 161 Å². The molecular formula is C46H88O3Si3. The first-order valence-corrected chi connectivity index (χ1v) is 30.2. The van der Waals surface area contributed by atoms with E-state index in [1.807, 2.05) is 0 Å². The topological polar surface area (TPSA) is 27.7 Å². The van der Waals surface area contributed by atoms with Crippen molar-refractivity contribution in [2.24, 2.45) is 23.2 Å². The molecule has 3 aliphatic rings. The number of fused-ring (bicyclic) bond motifs is 1. The van der Waals surface area contributed by atoms with Crippen LogP contribution >= 0.6 is 0 Å². The van der Waals surface area contributed by atoms with Crippen molar-refractivity contribution in [2.75, 3.05) is 0 Å². The normalized spacial score (nSPS) is 27.9. The van der Waals surface area contributed by atoms with E-state index in [-0.39, 0.29) is 27.9 Å². The standard InChI is InChI=1S/C46H88O3Si3/c1-20-52(21-2,22-3)49-45(13,14)30-23-24-35(5)40-27-28-41-39(34(4)29-31-46(40,41)15)26-25-37-32-38(47-50(16,17)43(7,8)9)33-42(36(37)6)48-51(18,19)44(10,11)12/h25-26,35,38,40-42H,20-24,27-33H2,1-19H3/b26-25-/t35-,38-,40-,41+,42+,46-/m1/s1. The van der Waals surface area contributed by atoms with Gasteiger partial charge in [-0.1, -0.05) is 107 Å².